The van der Waals surface area contributed by atoms with Crippen LogP contribution in [0, 0.1) is 10.1 Å². The second kappa shape index (κ2) is 3.06. The zero-order valence-corrected chi connectivity index (χ0v) is 8.21. The molecular formula is C12H7NO3. The third-order valence-corrected chi connectivity index (χ3v) is 2.58. The average Bonchev–Trinajstić information content (AvgIpc) is 2.73. The van der Waals surface area contributed by atoms with Crippen LogP contribution in [0.4, 0.5) is 5.88 Å². The minimum Gasteiger partial charge on any atom is -0.400 e. The molecule has 4 nitrogen and oxygen atoms in total. The molecule has 0 N–H and O–H groups in total. The molecule has 0 saturated heterocycles. The number of furan rings is 1. The standard InChI is InChI=1S/C12H7NO3/c14-13(15)11-7-9-6-5-8-3-1-2-4-10(8)12(9)16-11/h1-7H. The third-order valence-electron chi connectivity index (χ3n) is 2.58. The van der Waals surface area contributed by atoms with Crippen molar-refractivity contribution in [1.82, 2.24) is 0 Å². The van der Waals surface area contributed by atoms with Gasteiger partial charge in [0.1, 0.15) is 10.5 Å². The highest BCUT2D eigenvalue weighted by molar-refractivity contribution is 6.04. The molecule has 3 rings (SSSR count). The molecule has 0 bridgehead atoms. The highest BCUT2D eigenvalue weighted by Crippen LogP contribution is 2.30. The molecule has 2 aromatic carbocycles. The molecule has 0 spiro atoms. The predicted molar refractivity (Wildman–Crippen MR) is 60.4 cm³/mol. The Hall–Kier alpha value is -2.36. The summed E-state index contributed by atoms with van der Waals surface area (Å²) in [4.78, 5) is 10.1. The van der Waals surface area contributed by atoms with E-state index in [1.165, 1.54) is 6.07 Å². The molecule has 0 aliphatic carbocycles. The molecule has 1 aromatic heterocycles. The van der Waals surface area contributed by atoms with Gasteiger partial charge in [-0.1, -0.05) is 36.4 Å². The van der Waals surface area contributed by atoms with Gasteiger partial charge in [0.2, 0.25) is 0 Å². The minimum atomic E-state index is -0.519. The number of rotatable bonds is 1. The van der Waals surface area contributed by atoms with Gasteiger partial charge in [-0.05, 0) is 5.39 Å². The summed E-state index contributed by atoms with van der Waals surface area (Å²) >= 11 is 0. The molecule has 0 saturated carbocycles. The molecule has 4 heteroatoms. The first-order chi connectivity index (χ1) is 7.75. The van der Waals surface area contributed by atoms with Crippen molar-refractivity contribution in [3.63, 3.8) is 0 Å². The van der Waals surface area contributed by atoms with E-state index in [9.17, 15) is 10.1 Å². The van der Waals surface area contributed by atoms with E-state index in [4.69, 9.17) is 4.42 Å². The van der Waals surface area contributed by atoms with Crippen molar-refractivity contribution in [2.24, 2.45) is 0 Å². The molecule has 0 aliphatic rings. The lowest BCUT2D eigenvalue weighted by Gasteiger charge is -1.96. The van der Waals surface area contributed by atoms with Crippen LogP contribution in [-0.4, -0.2) is 4.92 Å². The van der Waals surface area contributed by atoms with Gasteiger partial charge in [-0.25, -0.2) is 0 Å². The summed E-state index contributed by atoms with van der Waals surface area (Å²) in [6.07, 6.45) is 0. The number of hydrogen-bond acceptors (Lipinski definition) is 3. The predicted octanol–water partition coefficient (Wildman–Crippen LogP) is 3.49. The van der Waals surface area contributed by atoms with Crippen LogP contribution in [0.5, 0.6) is 0 Å². The summed E-state index contributed by atoms with van der Waals surface area (Å²) in [7, 11) is 0. The smallest absolute Gasteiger partial charge is 0.400 e. The Labute approximate surface area is 90.2 Å². The summed E-state index contributed by atoms with van der Waals surface area (Å²) in [6.45, 7) is 0. The monoisotopic (exact) mass is 213 g/mol. The molecule has 3 aromatic rings. The van der Waals surface area contributed by atoms with E-state index in [1.807, 2.05) is 36.4 Å². The van der Waals surface area contributed by atoms with Gasteiger partial charge in [0.15, 0.2) is 0 Å². The highest BCUT2D eigenvalue weighted by Gasteiger charge is 2.14. The quantitative estimate of drug-likeness (QED) is 0.459. The zero-order valence-electron chi connectivity index (χ0n) is 8.21. The van der Waals surface area contributed by atoms with Crippen LogP contribution in [0.2, 0.25) is 0 Å². The maximum absolute atomic E-state index is 10.6. The van der Waals surface area contributed by atoms with Crippen molar-refractivity contribution in [2.75, 3.05) is 0 Å². The summed E-state index contributed by atoms with van der Waals surface area (Å²) in [5.74, 6) is -0.216. The number of benzene rings is 2. The minimum absolute atomic E-state index is 0.216. The second-order valence-electron chi connectivity index (χ2n) is 3.55. The van der Waals surface area contributed by atoms with Gasteiger partial charge in [-0.2, -0.15) is 0 Å². The first-order valence-electron chi connectivity index (χ1n) is 4.81. The van der Waals surface area contributed by atoms with Crippen molar-refractivity contribution in [1.29, 1.82) is 0 Å². The van der Waals surface area contributed by atoms with Crippen LogP contribution in [0.15, 0.2) is 46.9 Å². The Morgan fingerprint density at radius 1 is 1.06 bits per heavy atom. The van der Waals surface area contributed by atoms with E-state index >= 15 is 0 Å². The van der Waals surface area contributed by atoms with Crippen LogP contribution in [0.1, 0.15) is 0 Å². The van der Waals surface area contributed by atoms with Gasteiger partial charge in [0.25, 0.3) is 0 Å². The summed E-state index contributed by atoms with van der Waals surface area (Å²) < 4.78 is 5.24. The van der Waals surface area contributed by atoms with E-state index < -0.39 is 4.92 Å². The largest absolute Gasteiger partial charge is 0.434 e. The van der Waals surface area contributed by atoms with Crippen LogP contribution in [-0.2, 0) is 0 Å². The van der Waals surface area contributed by atoms with Crippen LogP contribution < -0.4 is 0 Å². The first-order valence-corrected chi connectivity index (χ1v) is 4.81. The fraction of sp³-hybridized carbons (Fsp3) is 0. The van der Waals surface area contributed by atoms with Crippen molar-refractivity contribution in [3.8, 4) is 0 Å². The zero-order chi connectivity index (χ0) is 11.1. The fourth-order valence-electron chi connectivity index (χ4n) is 1.84. The van der Waals surface area contributed by atoms with E-state index in [0.717, 1.165) is 16.2 Å². The van der Waals surface area contributed by atoms with Crippen molar-refractivity contribution in [2.45, 2.75) is 0 Å². The SMILES string of the molecule is O=[N+]([O-])c1cc2ccc3ccccc3c2o1. The van der Waals surface area contributed by atoms with E-state index in [0.29, 0.717) is 5.58 Å². The van der Waals surface area contributed by atoms with Gasteiger partial charge in [0.05, 0.1) is 6.07 Å². The number of nitrogens with zero attached hydrogens (tertiary/aromatic N) is 1. The van der Waals surface area contributed by atoms with Gasteiger partial charge in [0, 0.05) is 10.8 Å². The lowest BCUT2D eigenvalue weighted by Crippen LogP contribution is -1.82. The first kappa shape index (κ1) is 8.91. The Morgan fingerprint density at radius 3 is 2.62 bits per heavy atom. The van der Waals surface area contributed by atoms with Crippen molar-refractivity contribution >= 4 is 27.6 Å². The number of hydrogen-bond donors (Lipinski definition) is 0. The third kappa shape index (κ3) is 1.16. The molecule has 1 heterocycles. The molecular weight excluding hydrogens is 206 g/mol. The lowest BCUT2D eigenvalue weighted by atomic mass is 10.1. The lowest BCUT2D eigenvalue weighted by molar-refractivity contribution is -0.401. The molecule has 0 aliphatic heterocycles. The number of nitro groups is 1. The van der Waals surface area contributed by atoms with Crippen molar-refractivity contribution < 1.29 is 9.34 Å². The molecule has 0 fully saturated rings. The van der Waals surface area contributed by atoms with Crippen molar-refractivity contribution in [3.05, 3.63) is 52.6 Å². The van der Waals surface area contributed by atoms with Crippen LogP contribution >= 0.6 is 0 Å². The summed E-state index contributed by atoms with van der Waals surface area (Å²) in [5.41, 5.74) is 0.574. The Balaban J connectivity index is 2.46. The van der Waals surface area contributed by atoms with Crippen LogP contribution in [0.3, 0.4) is 0 Å². The fourth-order valence-corrected chi connectivity index (χ4v) is 1.84. The van der Waals surface area contributed by atoms with Gasteiger partial charge in [-0.3, -0.25) is 10.1 Å². The van der Waals surface area contributed by atoms with E-state index in [1.54, 1.807) is 0 Å². The van der Waals surface area contributed by atoms with Gasteiger partial charge < -0.3 is 4.42 Å². The molecule has 0 radical (unpaired) electrons. The molecule has 0 amide bonds. The highest BCUT2D eigenvalue weighted by atomic mass is 16.6. The maximum Gasteiger partial charge on any atom is 0.434 e. The average molecular weight is 213 g/mol. The Kier molecular flexibility index (Phi) is 1.71. The van der Waals surface area contributed by atoms with Gasteiger partial charge in [-0.15, -0.1) is 0 Å². The second-order valence-corrected chi connectivity index (χ2v) is 3.55. The topological polar surface area (TPSA) is 56.3 Å². The van der Waals surface area contributed by atoms with E-state index in [-0.39, 0.29) is 5.88 Å². The summed E-state index contributed by atoms with van der Waals surface area (Å²) in [6, 6.07) is 12.8. The number of fused-ring (bicyclic) bond motifs is 3. The molecule has 16 heavy (non-hydrogen) atoms. The summed E-state index contributed by atoms with van der Waals surface area (Å²) in [5, 5.41) is 13.3. The normalized spacial score (nSPS) is 11.0. The van der Waals surface area contributed by atoms with Gasteiger partial charge >= 0.3 is 5.88 Å². The van der Waals surface area contributed by atoms with E-state index in [2.05, 4.69) is 0 Å². The van der Waals surface area contributed by atoms with Crippen LogP contribution in [0.25, 0.3) is 21.7 Å². The Morgan fingerprint density at radius 2 is 1.81 bits per heavy atom. The maximum atomic E-state index is 10.6. The molecule has 0 atom stereocenters. The Bertz CT molecular complexity index is 700. The molecule has 0 unspecified atom stereocenters. The molecule has 78 valence electrons.